The lowest BCUT2D eigenvalue weighted by Crippen LogP contribution is -2.13. The molecule has 3 heteroatoms. The van der Waals surface area contributed by atoms with Crippen LogP contribution in [0.4, 0.5) is 5.69 Å². The maximum absolute atomic E-state index is 12.1. The Morgan fingerprint density at radius 3 is 2.35 bits per heavy atom. The second-order valence-electron chi connectivity index (χ2n) is 3.61. The van der Waals surface area contributed by atoms with Crippen LogP contribution in [0.15, 0.2) is 54.6 Å². The molecule has 1 N–H and O–H groups in total. The van der Waals surface area contributed by atoms with Gasteiger partial charge in [0.2, 0.25) is 0 Å². The molecule has 2 nitrogen and oxygen atoms in total. The van der Waals surface area contributed by atoms with Crippen molar-refractivity contribution in [1.29, 1.82) is 0 Å². The Bertz CT molecular complexity index is 511. The minimum atomic E-state index is -0.0775. The van der Waals surface area contributed by atoms with Crippen LogP contribution < -0.4 is 5.32 Å². The number of hydrogen-bond acceptors (Lipinski definition) is 1. The Balaban J connectivity index is 2.20. The third-order valence-electron chi connectivity index (χ3n) is 2.44. The molecule has 0 atom stereocenters. The van der Waals surface area contributed by atoms with Crippen LogP contribution in [0.2, 0.25) is 0 Å². The van der Waals surface area contributed by atoms with E-state index in [4.69, 9.17) is 0 Å². The topological polar surface area (TPSA) is 29.1 Å². The van der Waals surface area contributed by atoms with Crippen molar-refractivity contribution in [3.8, 4) is 0 Å². The Hall–Kier alpha value is -1.61. The van der Waals surface area contributed by atoms with E-state index in [1.807, 2.05) is 54.6 Å². The minimum absolute atomic E-state index is 0.0775. The van der Waals surface area contributed by atoms with Crippen molar-refractivity contribution < 1.29 is 4.79 Å². The number of amides is 1. The molecule has 0 aliphatic carbocycles. The molecule has 0 saturated heterocycles. The molecule has 2 aromatic carbocycles. The summed E-state index contributed by atoms with van der Waals surface area (Å²) in [6.07, 6.45) is 0. The van der Waals surface area contributed by atoms with E-state index in [0.717, 1.165) is 11.3 Å². The highest BCUT2D eigenvalue weighted by atomic mass is 79.9. The highest BCUT2D eigenvalue weighted by Crippen LogP contribution is 2.15. The molecule has 0 fully saturated rings. The van der Waals surface area contributed by atoms with Gasteiger partial charge in [0, 0.05) is 16.6 Å². The third kappa shape index (κ3) is 2.94. The summed E-state index contributed by atoms with van der Waals surface area (Å²) in [5, 5.41) is 3.55. The number of nitrogens with one attached hydrogen (secondary N) is 1. The fourth-order valence-electron chi connectivity index (χ4n) is 1.58. The molecular formula is C14H12BrNO. The Morgan fingerprint density at radius 1 is 1.00 bits per heavy atom. The zero-order chi connectivity index (χ0) is 12.1. The van der Waals surface area contributed by atoms with E-state index in [9.17, 15) is 4.79 Å². The fraction of sp³-hybridized carbons (Fsp3) is 0.0714. The van der Waals surface area contributed by atoms with E-state index in [1.165, 1.54) is 0 Å². The fourth-order valence-corrected chi connectivity index (χ4v) is 2.07. The molecule has 2 rings (SSSR count). The maximum Gasteiger partial charge on any atom is 0.255 e. The summed E-state index contributed by atoms with van der Waals surface area (Å²) in [5.74, 6) is -0.0775. The lowest BCUT2D eigenvalue weighted by molar-refractivity contribution is 0.102. The Morgan fingerprint density at radius 2 is 1.65 bits per heavy atom. The molecule has 0 spiro atoms. The number of rotatable bonds is 3. The molecule has 0 unspecified atom stereocenters. The maximum atomic E-state index is 12.1. The van der Waals surface area contributed by atoms with Gasteiger partial charge in [-0.3, -0.25) is 4.79 Å². The van der Waals surface area contributed by atoms with E-state index >= 15 is 0 Å². The van der Waals surface area contributed by atoms with E-state index in [-0.39, 0.29) is 5.91 Å². The van der Waals surface area contributed by atoms with Gasteiger partial charge in [-0.2, -0.15) is 0 Å². The largest absolute Gasteiger partial charge is 0.322 e. The predicted octanol–water partition coefficient (Wildman–Crippen LogP) is 3.83. The average Bonchev–Trinajstić information content (AvgIpc) is 2.40. The summed E-state index contributed by atoms with van der Waals surface area (Å²) < 4.78 is 0. The summed E-state index contributed by atoms with van der Waals surface area (Å²) in [6.45, 7) is 0. The van der Waals surface area contributed by atoms with Gasteiger partial charge in [-0.15, -0.1) is 0 Å². The second kappa shape index (κ2) is 5.64. The van der Waals surface area contributed by atoms with Crippen LogP contribution in [-0.4, -0.2) is 5.91 Å². The Kier molecular flexibility index (Phi) is 3.94. The number of benzene rings is 2. The number of carbonyl (C=O) groups excluding carboxylic acids is 1. The van der Waals surface area contributed by atoms with Crippen molar-refractivity contribution in [1.82, 2.24) is 0 Å². The lowest BCUT2D eigenvalue weighted by Gasteiger charge is -2.08. The van der Waals surface area contributed by atoms with Crippen LogP contribution in [-0.2, 0) is 5.33 Å². The summed E-state index contributed by atoms with van der Waals surface area (Å²) in [4.78, 5) is 12.1. The van der Waals surface area contributed by atoms with Crippen LogP contribution in [0.3, 0.4) is 0 Å². The molecule has 2 aromatic rings. The van der Waals surface area contributed by atoms with Gasteiger partial charge < -0.3 is 5.32 Å². The molecule has 86 valence electrons. The summed E-state index contributed by atoms with van der Waals surface area (Å²) in [5.41, 5.74) is 2.50. The molecule has 0 bridgehead atoms. The summed E-state index contributed by atoms with van der Waals surface area (Å²) >= 11 is 3.38. The molecule has 0 heterocycles. The van der Waals surface area contributed by atoms with Crippen molar-refractivity contribution in [3.63, 3.8) is 0 Å². The van der Waals surface area contributed by atoms with Crippen LogP contribution >= 0.6 is 15.9 Å². The van der Waals surface area contributed by atoms with Gasteiger partial charge in [0.1, 0.15) is 0 Å². The molecular weight excluding hydrogens is 278 g/mol. The van der Waals surface area contributed by atoms with E-state index in [1.54, 1.807) is 0 Å². The van der Waals surface area contributed by atoms with Crippen molar-refractivity contribution in [3.05, 3.63) is 65.7 Å². The van der Waals surface area contributed by atoms with Gasteiger partial charge in [0.25, 0.3) is 5.91 Å². The van der Waals surface area contributed by atoms with Gasteiger partial charge in [0.05, 0.1) is 0 Å². The van der Waals surface area contributed by atoms with Gasteiger partial charge in [-0.1, -0.05) is 52.3 Å². The van der Waals surface area contributed by atoms with Gasteiger partial charge >= 0.3 is 0 Å². The lowest BCUT2D eigenvalue weighted by atomic mass is 10.1. The van der Waals surface area contributed by atoms with Crippen molar-refractivity contribution in [2.45, 2.75) is 5.33 Å². The van der Waals surface area contributed by atoms with Crippen LogP contribution in [0, 0.1) is 0 Å². The minimum Gasteiger partial charge on any atom is -0.322 e. The molecule has 0 radical (unpaired) electrons. The number of hydrogen-bond donors (Lipinski definition) is 1. The molecule has 0 saturated carbocycles. The van der Waals surface area contributed by atoms with E-state index in [0.29, 0.717) is 10.9 Å². The molecule has 17 heavy (non-hydrogen) atoms. The van der Waals surface area contributed by atoms with Gasteiger partial charge in [-0.05, 0) is 23.8 Å². The first kappa shape index (κ1) is 11.9. The predicted molar refractivity (Wildman–Crippen MR) is 73.5 cm³/mol. The number of para-hydroxylation sites is 1. The standard InChI is InChI=1S/C14H12BrNO/c15-10-11-6-4-5-9-13(11)14(17)16-12-7-2-1-3-8-12/h1-9H,10H2,(H,16,17). The number of halogens is 1. The number of anilines is 1. The number of alkyl halides is 1. The Labute approximate surface area is 109 Å². The first-order chi connectivity index (χ1) is 8.31. The SMILES string of the molecule is O=C(Nc1ccccc1)c1ccccc1CBr. The quantitative estimate of drug-likeness (QED) is 0.855. The van der Waals surface area contributed by atoms with Crippen LogP contribution in [0.1, 0.15) is 15.9 Å². The first-order valence-electron chi connectivity index (χ1n) is 5.31. The monoisotopic (exact) mass is 289 g/mol. The average molecular weight is 290 g/mol. The highest BCUT2D eigenvalue weighted by Gasteiger charge is 2.09. The zero-order valence-corrected chi connectivity index (χ0v) is 10.8. The van der Waals surface area contributed by atoms with E-state index in [2.05, 4.69) is 21.2 Å². The molecule has 0 aliphatic heterocycles. The third-order valence-corrected chi connectivity index (χ3v) is 3.04. The van der Waals surface area contributed by atoms with Gasteiger partial charge in [0.15, 0.2) is 0 Å². The highest BCUT2D eigenvalue weighted by molar-refractivity contribution is 9.08. The normalized spacial score (nSPS) is 9.94. The van der Waals surface area contributed by atoms with Crippen LogP contribution in [0.5, 0.6) is 0 Å². The van der Waals surface area contributed by atoms with Crippen molar-refractivity contribution in [2.75, 3.05) is 5.32 Å². The molecule has 0 aliphatic rings. The van der Waals surface area contributed by atoms with E-state index < -0.39 is 0 Å². The summed E-state index contributed by atoms with van der Waals surface area (Å²) in [6, 6.07) is 17.0. The first-order valence-corrected chi connectivity index (χ1v) is 6.43. The van der Waals surface area contributed by atoms with Crippen LogP contribution in [0.25, 0.3) is 0 Å². The van der Waals surface area contributed by atoms with Crippen molar-refractivity contribution >= 4 is 27.5 Å². The smallest absolute Gasteiger partial charge is 0.255 e. The van der Waals surface area contributed by atoms with Crippen molar-refractivity contribution in [2.24, 2.45) is 0 Å². The summed E-state index contributed by atoms with van der Waals surface area (Å²) in [7, 11) is 0. The molecule has 0 aromatic heterocycles. The van der Waals surface area contributed by atoms with Gasteiger partial charge in [-0.25, -0.2) is 0 Å². The second-order valence-corrected chi connectivity index (χ2v) is 4.17. The number of carbonyl (C=O) groups is 1. The zero-order valence-electron chi connectivity index (χ0n) is 9.19. The molecule has 1 amide bonds.